The van der Waals surface area contributed by atoms with Gasteiger partial charge in [-0.25, -0.2) is 0 Å². The number of nitriles is 1. The van der Waals surface area contributed by atoms with Gasteiger partial charge in [-0.1, -0.05) is 24.3 Å². The Bertz CT molecular complexity index is 1040. The molecule has 1 aliphatic carbocycles. The van der Waals surface area contributed by atoms with Gasteiger partial charge in [-0.05, 0) is 67.8 Å². The fourth-order valence-electron chi connectivity index (χ4n) is 3.73. The largest absolute Gasteiger partial charge is 0.490 e. The number of fused-ring (bicyclic) bond motifs is 1. The summed E-state index contributed by atoms with van der Waals surface area (Å²) >= 11 is 1.66. The molecule has 0 saturated heterocycles. The van der Waals surface area contributed by atoms with Gasteiger partial charge in [0, 0.05) is 16.9 Å². The third-order valence-corrected chi connectivity index (χ3v) is 6.16. The first-order valence-corrected chi connectivity index (χ1v) is 11.5. The molecule has 0 aromatic heterocycles. The minimum absolute atomic E-state index is 0.0119. The molecule has 0 heterocycles. The molecule has 0 spiro atoms. The van der Waals surface area contributed by atoms with Crippen molar-refractivity contribution < 1.29 is 14.4 Å². The van der Waals surface area contributed by atoms with E-state index in [1.54, 1.807) is 18.0 Å². The molecule has 0 radical (unpaired) electrons. The van der Waals surface area contributed by atoms with E-state index in [9.17, 15) is 10.1 Å². The van der Waals surface area contributed by atoms with Gasteiger partial charge < -0.3 is 9.53 Å². The maximum atomic E-state index is 10.5. The lowest BCUT2D eigenvalue weighted by atomic mass is 10.0. The van der Waals surface area contributed by atoms with E-state index in [2.05, 4.69) is 35.4 Å². The average molecular weight is 450 g/mol. The van der Waals surface area contributed by atoms with Crippen molar-refractivity contribution >= 4 is 29.7 Å². The van der Waals surface area contributed by atoms with Crippen LogP contribution in [0.5, 0.6) is 5.75 Å². The molecule has 166 valence electrons. The third kappa shape index (κ3) is 5.86. The number of aldehydes is 1. The Hall–Kier alpha value is -2.92. The van der Waals surface area contributed by atoms with Gasteiger partial charge in [0.25, 0.3) is 0 Å². The van der Waals surface area contributed by atoms with Gasteiger partial charge in [0.05, 0.1) is 17.7 Å². The zero-order chi connectivity index (χ0) is 22.9. The molecule has 1 N–H and O–H groups in total. The highest BCUT2D eigenvalue weighted by Crippen LogP contribution is 2.40. The molecule has 1 atom stereocenters. The van der Waals surface area contributed by atoms with Crippen LogP contribution in [-0.4, -0.2) is 25.7 Å². The van der Waals surface area contributed by atoms with Crippen molar-refractivity contribution in [2.45, 2.75) is 44.6 Å². The van der Waals surface area contributed by atoms with Crippen LogP contribution in [0.3, 0.4) is 0 Å². The van der Waals surface area contributed by atoms with Crippen LogP contribution in [0.2, 0.25) is 0 Å². The number of thioether (sulfide) groups is 1. The van der Waals surface area contributed by atoms with Crippen LogP contribution in [0.1, 0.15) is 54.1 Å². The van der Waals surface area contributed by atoms with Crippen LogP contribution in [0.15, 0.2) is 47.6 Å². The van der Waals surface area contributed by atoms with Crippen LogP contribution in [-0.2, 0) is 21.8 Å². The molecular weight excluding hydrogens is 422 g/mol. The normalized spacial score (nSPS) is 15.3. The summed E-state index contributed by atoms with van der Waals surface area (Å²) in [6.07, 6.45) is 4.32. The van der Waals surface area contributed by atoms with Gasteiger partial charge in [-0.15, -0.1) is 11.8 Å². The molecule has 7 heteroatoms. The van der Waals surface area contributed by atoms with E-state index in [1.807, 2.05) is 38.1 Å². The lowest BCUT2D eigenvalue weighted by Crippen LogP contribution is -2.20. The topological polar surface area (TPSA) is 83.7 Å². The number of hydrogen-bond donors (Lipinski definition) is 1. The number of rotatable bonds is 11. The first kappa shape index (κ1) is 23.7. The molecule has 3 rings (SSSR count). The lowest BCUT2D eigenvalue weighted by Gasteiger charge is -2.15. The Labute approximate surface area is 193 Å². The second-order valence-electron chi connectivity index (χ2n) is 7.63. The molecule has 0 amide bonds. The molecule has 2 aromatic rings. The molecule has 0 aliphatic heterocycles. The van der Waals surface area contributed by atoms with Gasteiger partial charge in [0.15, 0.2) is 0 Å². The van der Waals surface area contributed by atoms with Crippen LogP contribution in [0.4, 0.5) is 0 Å². The molecule has 2 aromatic carbocycles. The minimum atomic E-state index is 0.0119. The molecular formula is C25H27N3O3S. The van der Waals surface area contributed by atoms with E-state index < -0.39 is 0 Å². The predicted molar refractivity (Wildman–Crippen MR) is 128 cm³/mol. The monoisotopic (exact) mass is 449 g/mol. The summed E-state index contributed by atoms with van der Waals surface area (Å²) in [5, 5.41) is 9.50. The van der Waals surface area contributed by atoms with Crippen molar-refractivity contribution in [1.29, 1.82) is 5.26 Å². The van der Waals surface area contributed by atoms with Crippen LogP contribution >= 0.6 is 11.8 Å². The molecule has 1 unspecified atom stereocenters. The molecule has 0 saturated carbocycles. The van der Waals surface area contributed by atoms with Gasteiger partial charge in [0.2, 0.25) is 0 Å². The third-order valence-electron chi connectivity index (χ3n) is 5.04. The summed E-state index contributed by atoms with van der Waals surface area (Å²) in [4.78, 5) is 20.8. The molecule has 0 fully saturated rings. The fraction of sp³-hybridized carbons (Fsp3) is 0.320. The van der Waals surface area contributed by atoms with Gasteiger partial charge in [-0.2, -0.15) is 10.7 Å². The van der Waals surface area contributed by atoms with Crippen molar-refractivity contribution in [2.75, 3.05) is 6.61 Å². The van der Waals surface area contributed by atoms with Gasteiger partial charge in [-0.3, -0.25) is 9.83 Å². The second kappa shape index (κ2) is 11.6. The van der Waals surface area contributed by atoms with Crippen molar-refractivity contribution in [3.8, 4) is 11.8 Å². The molecule has 1 aliphatic rings. The zero-order valence-electron chi connectivity index (χ0n) is 18.3. The number of hydroxylamine groups is 1. The van der Waals surface area contributed by atoms with E-state index in [-0.39, 0.29) is 18.8 Å². The highest BCUT2D eigenvalue weighted by molar-refractivity contribution is 8.07. The Morgan fingerprint density at radius 3 is 2.97 bits per heavy atom. The Morgan fingerprint density at radius 2 is 2.25 bits per heavy atom. The van der Waals surface area contributed by atoms with E-state index in [1.165, 1.54) is 11.1 Å². The van der Waals surface area contributed by atoms with Crippen LogP contribution in [0.25, 0.3) is 4.91 Å². The number of carbonyl (C=O) groups excluding carboxylic acids is 1. The molecule has 6 nitrogen and oxygen atoms in total. The standard InChI is InChI=1S/C25H27N3O3S/c1-17(2)31-24-10-7-18(13-19(24)14-26)16-32-25(15-27-3)22-6-4-5-21-20(22)8-9-23(21)28-30-12-11-29/h4-7,10-11,13,15,17,23,28H,3,8-9,12,16H2,1-2H3/b25-15-. The lowest BCUT2D eigenvalue weighted by molar-refractivity contribution is -0.115. The SMILES string of the molecule is C=N/C=C(\SCc1ccc(OC(C)C)c(C#N)c1)c1cccc2c1CCC2NOCC=O. The number of carbonyl (C=O) groups is 1. The summed E-state index contributed by atoms with van der Waals surface area (Å²) in [6, 6.07) is 14.2. The van der Waals surface area contributed by atoms with E-state index in [0.717, 1.165) is 35.2 Å². The van der Waals surface area contributed by atoms with Gasteiger partial charge in [0.1, 0.15) is 24.7 Å². The van der Waals surface area contributed by atoms with Crippen molar-refractivity contribution in [3.05, 3.63) is 70.4 Å². The summed E-state index contributed by atoms with van der Waals surface area (Å²) in [5.74, 6) is 1.29. The number of nitrogens with zero attached hydrogens (tertiary/aromatic N) is 2. The van der Waals surface area contributed by atoms with Gasteiger partial charge >= 0.3 is 0 Å². The minimum Gasteiger partial charge on any atom is -0.490 e. The quantitative estimate of drug-likeness (QED) is 0.225. The Morgan fingerprint density at radius 1 is 1.41 bits per heavy atom. The number of nitrogens with one attached hydrogen (secondary N) is 1. The Kier molecular flexibility index (Phi) is 8.63. The number of benzene rings is 2. The molecule has 0 bridgehead atoms. The van der Waals surface area contributed by atoms with Crippen molar-refractivity contribution in [3.63, 3.8) is 0 Å². The van der Waals surface area contributed by atoms with Crippen LogP contribution in [0, 0.1) is 11.3 Å². The van der Waals surface area contributed by atoms with E-state index in [4.69, 9.17) is 9.57 Å². The number of hydrogen-bond acceptors (Lipinski definition) is 7. The predicted octanol–water partition coefficient (Wildman–Crippen LogP) is 4.99. The van der Waals surface area contributed by atoms with Crippen molar-refractivity contribution in [2.24, 2.45) is 4.99 Å². The number of aliphatic imine (C=N–C) groups is 1. The van der Waals surface area contributed by atoms with E-state index in [0.29, 0.717) is 17.1 Å². The van der Waals surface area contributed by atoms with E-state index >= 15 is 0 Å². The number of ether oxygens (including phenoxy) is 1. The second-order valence-corrected chi connectivity index (χ2v) is 8.65. The first-order valence-electron chi connectivity index (χ1n) is 10.5. The Balaban J connectivity index is 1.78. The van der Waals surface area contributed by atoms with Crippen LogP contribution < -0.4 is 10.2 Å². The summed E-state index contributed by atoms with van der Waals surface area (Å²) in [5.41, 5.74) is 8.11. The fourth-order valence-corrected chi connectivity index (χ4v) is 4.73. The maximum Gasteiger partial charge on any atom is 0.147 e. The highest BCUT2D eigenvalue weighted by Gasteiger charge is 2.25. The highest BCUT2D eigenvalue weighted by atomic mass is 32.2. The first-order chi connectivity index (χ1) is 15.6. The maximum absolute atomic E-state index is 10.5. The van der Waals surface area contributed by atoms with Crippen molar-refractivity contribution in [1.82, 2.24) is 5.48 Å². The average Bonchev–Trinajstić information content (AvgIpc) is 3.20. The zero-order valence-corrected chi connectivity index (χ0v) is 19.2. The smallest absolute Gasteiger partial charge is 0.147 e. The summed E-state index contributed by atoms with van der Waals surface area (Å²) < 4.78 is 5.72. The summed E-state index contributed by atoms with van der Waals surface area (Å²) in [6.45, 7) is 7.55. The summed E-state index contributed by atoms with van der Waals surface area (Å²) in [7, 11) is 0. The molecule has 32 heavy (non-hydrogen) atoms.